The fraction of sp³-hybridized carbons (Fsp3) is 0.367. The summed E-state index contributed by atoms with van der Waals surface area (Å²) in [6, 6.07) is 20.8. The zero-order chi connectivity index (χ0) is 28.8. The van der Waals surface area contributed by atoms with Gasteiger partial charge in [-0.05, 0) is 43.5 Å². The topological polar surface area (TPSA) is 114 Å². The molecule has 12 heteroatoms. The summed E-state index contributed by atoms with van der Waals surface area (Å²) in [5.41, 5.74) is 3.48. The molecule has 2 aliphatic rings. The van der Waals surface area contributed by atoms with Gasteiger partial charge in [0.25, 0.3) is 0 Å². The Kier molecular flexibility index (Phi) is 6.89. The molecule has 5 heterocycles. The zero-order valence-electron chi connectivity index (χ0n) is 23.5. The lowest BCUT2D eigenvalue weighted by Crippen LogP contribution is -2.27. The molecule has 2 aliphatic heterocycles. The molecule has 0 aliphatic carbocycles. The van der Waals surface area contributed by atoms with Gasteiger partial charge < -0.3 is 19.5 Å². The van der Waals surface area contributed by atoms with E-state index in [1.807, 2.05) is 61.7 Å². The van der Waals surface area contributed by atoms with E-state index >= 15 is 0 Å². The normalized spacial score (nSPS) is 23.1. The van der Waals surface area contributed by atoms with Crippen LogP contribution in [0, 0.1) is 0 Å². The molecule has 2 fully saturated rings. The Bertz CT molecular complexity index is 1650. The first-order chi connectivity index (χ1) is 20.4. The van der Waals surface area contributed by atoms with Crippen molar-refractivity contribution in [2.75, 3.05) is 11.9 Å². The second kappa shape index (κ2) is 10.7. The molecule has 0 saturated carbocycles. The fourth-order valence-electron chi connectivity index (χ4n) is 5.80. The van der Waals surface area contributed by atoms with Gasteiger partial charge in [-0.2, -0.15) is 15.1 Å². The largest absolute Gasteiger partial charge is 0.367 e. The van der Waals surface area contributed by atoms with E-state index in [4.69, 9.17) is 30.8 Å². The molecule has 2 saturated heterocycles. The van der Waals surface area contributed by atoms with Gasteiger partial charge in [0.05, 0.1) is 6.33 Å². The van der Waals surface area contributed by atoms with Crippen LogP contribution in [-0.4, -0.2) is 58.8 Å². The average molecular weight is 587 g/mol. The van der Waals surface area contributed by atoms with Crippen molar-refractivity contribution in [3.8, 4) is 0 Å². The third-order valence-electron chi connectivity index (χ3n) is 7.71. The SMILES string of the molecule is CCn1cnc([C@H]2O[C@@H](n3cnc4c(NCC(c5ccccc5)c5ccccc5)nc(Cl)nc43)[C@@H]3OC(C)(C)O[C@@H]32)n1. The summed E-state index contributed by atoms with van der Waals surface area (Å²) in [5.74, 6) is 0.365. The first kappa shape index (κ1) is 27.0. The molecule has 5 aromatic rings. The quantitative estimate of drug-likeness (QED) is 0.247. The van der Waals surface area contributed by atoms with Crippen molar-refractivity contribution in [2.45, 2.75) is 63.6 Å². The van der Waals surface area contributed by atoms with Gasteiger partial charge in [0.1, 0.15) is 18.5 Å². The minimum absolute atomic E-state index is 0.0830. The van der Waals surface area contributed by atoms with Crippen LogP contribution in [0.2, 0.25) is 5.28 Å². The van der Waals surface area contributed by atoms with Crippen molar-refractivity contribution < 1.29 is 14.2 Å². The van der Waals surface area contributed by atoms with Crippen LogP contribution in [0.25, 0.3) is 11.2 Å². The smallest absolute Gasteiger partial charge is 0.226 e. The van der Waals surface area contributed by atoms with Gasteiger partial charge in [-0.3, -0.25) is 9.25 Å². The lowest BCUT2D eigenvalue weighted by Gasteiger charge is -2.24. The molecule has 0 amide bonds. The van der Waals surface area contributed by atoms with Crippen molar-refractivity contribution in [2.24, 2.45) is 0 Å². The second-order valence-corrected chi connectivity index (χ2v) is 11.2. The molecule has 216 valence electrons. The Morgan fingerprint density at radius 2 is 1.62 bits per heavy atom. The minimum Gasteiger partial charge on any atom is -0.367 e. The summed E-state index contributed by atoms with van der Waals surface area (Å²) >= 11 is 6.49. The second-order valence-electron chi connectivity index (χ2n) is 10.9. The van der Waals surface area contributed by atoms with E-state index < -0.39 is 30.3 Å². The number of halogens is 1. The van der Waals surface area contributed by atoms with E-state index in [1.54, 1.807) is 17.3 Å². The maximum Gasteiger partial charge on any atom is 0.226 e. The van der Waals surface area contributed by atoms with Crippen molar-refractivity contribution in [1.82, 2.24) is 34.3 Å². The van der Waals surface area contributed by atoms with Crippen LogP contribution < -0.4 is 5.32 Å². The zero-order valence-corrected chi connectivity index (χ0v) is 24.2. The van der Waals surface area contributed by atoms with Gasteiger partial charge in [0.15, 0.2) is 40.9 Å². The van der Waals surface area contributed by atoms with E-state index in [0.29, 0.717) is 35.9 Å². The lowest BCUT2D eigenvalue weighted by molar-refractivity contribution is -0.198. The molecule has 0 radical (unpaired) electrons. The number of nitrogens with zero attached hydrogens (tertiary/aromatic N) is 7. The standard InChI is InChI=1S/C30H31ClN8O3/c1-4-38-16-34-26(37-38)23-22-24(42-30(2,3)41-22)28(40-23)39-17-33-21-25(35-29(31)36-27(21)39)32-15-20(18-11-7-5-8-12-18)19-13-9-6-10-14-19/h5-14,16-17,20,22-24,28H,4,15H2,1-3H3,(H,32,35,36)/t22-,23+,24-,28-/m1/s1. The molecule has 0 unspecified atom stereocenters. The van der Waals surface area contributed by atoms with Gasteiger partial charge in [0.2, 0.25) is 5.28 Å². The van der Waals surface area contributed by atoms with Crippen LogP contribution in [0.3, 0.4) is 0 Å². The number of imidazole rings is 1. The highest BCUT2D eigenvalue weighted by Crippen LogP contribution is 2.49. The number of hydrogen-bond donors (Lipinski definition) is 1. The molecule has 0 bridgehead atoms. The summed E-state index contributed by atoms with van der Waals surface area (Å²) in [5, 5.41) is 8.18. The molecule has 11 nitrogen and oxygen atoms in total. The van der Waals surface area contributed by atoms with E-state index in [2.05, 4.69) is 49.6 Å². The molecule has 1 N–H and O–H groups in total. The van der Waals surface area contributed by atoms with E-state index in [9.17, 15) is 0 Å². The number of anilines is 1. The van der Waals surface area contributed by atoms with Crippen LogP contribution in [-0.2, 0) is 20.8 Å². The first-order valence-corrected chi connectivity index (χ1v) is 14.4. The molecular weight excluding hydrogens is 556 g/mol. The molecule has 7 rings (SSSR count). The third-order valence-corrected chi connectivity index (χ3v) is 7.88. The van der Waals surface area contributed by atoms with Crippen LogP contribution >= 0.6 is 11.6 Å². The summed E-state index contributed by atoms with van der Waals surface area (Å²) in [4.78, 5) is 18.2. The van der Waals surface area contributed by atoms with Crippen LogP contribution in [0.5, 0.6) is 0 Å². The van der Waals surface area contributed by atoms with E-state index in [-0.39, 0.29) is 11.2 Å². The summed E-state index contributed by atoms with van der Waals surface area (Å²) in [6.07, 6.45) is 1.39. The van der Waals surface area contributed by atoms with Crippen LogP contribution in [0.15, 0.2) is 73.3 Å². The number of ether oxygens (including phenoxy) is 3. The highest BCUT2D eigenvalue weighted by Gasteiger charge is 2.57. The van der Waals surface area contributed by atoms with Gasteiger partial charge in [-0.1, -0.05) is 60.7 Å². The Labute approximate surface area is 247 Å². The first-order valence-electron chi connectivity index (χ1n) is 14.0. The Morgan fingerprint density at radius 1 is 0.929 bits per heavy atom. The molecular formula is C30H31ClN8O3. The number of fused-ring (bicyclic) bond motifs is 2. The summed E-state index contributed by atoms with van der Waals surface area (Å²) in [7, 11) is 0. The number of benzene rings is 2. The van der Waals surface area contributed by atoms with Gasteiger partial charge in [-0.25, -0.2) is 9.97 Å². The van der Waals surface area contributed by atoms with Crippen LogP contribution in [0.1, 0.15) is 56.0 Å². The van der Waals surface area contributed by atoms with Gasteiger partial charge >= 0.3 is 0 Å². The number of hydrogen-bond acceptors (Lipinski definition) is 9. The van der Waals surface area contributed by atoms with Crippen molar-refractivity contribution in [3.05, 3.63) is 95.6 Å². The maximum absolute atomic E-state index is 6.52. The van der Waals surface area contributed by atoms with E-state index in [1.165, 1.54) is 11.1 Å². The fourth-order valence-corrected chi connectivity index (χ4v) is 5.96. The highest BCUT2D eigenvalue weighted by atomic mass is 35.5. The Morgan fingerprint density at radius 3 is 2.29 bits per heavy atom. The Hall–Kier alpha value is -3.90. The maximum atomic E-state index is 6.52. The van der Waals surface area contributed by atoms with Gasteiger partial charge in [-0.15, -0.1) is 0 Å². The summed E-state index contributed by atoms with van der Waals surface area (Å²) in [6.45, 7) is 7.06. The number of aryl methyl sites for hydroxylation is 1. The third kappa shape index (κ3) is 4.92. The monoisotopic (exact) mass is 586 g/mol. The van der Waals surface area contributed by atoms with Crippen molar-refractivity contribution in [1.29, 1.82) is 0 Å². The lowest BCUT2D eigenvalue weighted by atomic mass is 9.91. The number of aromatic nitrogens is 7. The van der Waals surface area contributed by atoms with Crippen molar-refractivity contribution in [3.63, 3.8) is 0 Å². The predicted molar refractivity (Wildman–Crippen MR) is 156 cm³/mol. The average Bonchev–Trinajstić information content (AvgIpc) is 3.77. The number of rotatable bonds is 8. The molecule has 4 atom stereocenters. The van der Waals surface area contributed by atoms with Gasteiger partial charge in [0, 0.05) is 19.0 Å². The highest BCUT2D eigenvalue weighted by molar-refractivity contribution is 6.28. The van der Waals surface area contributed by atoms with E-state index in [0.717, 1.165) is 0 Å². The molecule has 2 aromatic carbocycles. The number of nitrogens with one attached hydrogen (secondary N) is 1. The molecule has 42 heavy (non-hydrogen) atoms. The minimum atomic E-state index is -0.803. The Balaban J connectivity index is 1.21. The summed E-state index contributed by atoms with van der Waals surface area (Å²) < 4.78 is 22.7. The van der Waals surface area contributed by atoms with Crippen molar-refractivity contribution >= 4 is 28.6 Å². The predicted octanol–water partition coefficient (Wildman–Crippen LogP) is 5.13. The van der Waals surface area contributed by atoms with Crippen LogP contribution in [0.4, 0.5) is 5.82 Å². The molecule has 0 spiro atoms. The molecule has 3 aromatic heterocycles.